The zero-order valence-electron chi connectivity index (χ0n) is 18.1. The minimum atomic E-state index is -1.89. The maximum Gasteiger partial charge on any atom is 0.343 e. The van der Waals surface area contributed by atoms with Crippen LogP contribution in [0.4, 0.5) is 0 Å². The van der Waals surface area contributed by atoms with Crippen molar-refractivity contribution < 1.29 is 24.5 Å². The molecule has 5 rings (SSSR count). The molecule has 0 amide bonds. The first-order valence-electron chi connectivity index (χ1n) is 10.8. The number of aromatic hydroxyl groups is 1. The summed E-state index contributed by atoms with van der Waals surface area (Å²) in [4.78, 5) is 30.8. The van der Waals surface area contributed by atoms with Gasteiger partial charge in [-0.1, -0.05) is 19.9 Å². The third-order valence-electron chi connectivity index (χ3n) is 6.52. The van der Waals surface area contributed by atoms with Crippen molar-refractivity contribution in [2.75, 3.05) is 6.61 Å². The molecule has 8 nitrogen and oxygen atoms in total. The van der Waals surface area contributed by atoms with Gasteiger partial charge in [-0.2, -0.15) is 0 Å². The van der Waals surface area contributed by atoms with Gasteiger partial charge in [0.05, 0.1) is 22.5 Å². The average Bonchev–Trinajstić information content (AvgIpc) is 3.09. The summed E-state index contributed by atoms with van der Waals surface area (Å²) in [6.45, 7) is 5.63. The van der Waals surface area contributed by atoms with Crippen molar-refractivity contribution in [1.29, 1.82) is 0 Å². The molecule has 8 heteroatoms. The number of pyridine rings is 2. The number of carbonyl (C=O) groups is 1. The number of rotatable bonds is 4. The Morgan fingerprint density at radius 3 is 2.75 bits per heavy atom. The summed E-state index contributed by atoms with van der Waals surface area (Å²) in [5.74, 6) is -0.645. The third kappa shape index (κ3) is 2.53. The van der Waals surface area contributed by atoms with Gasteiger partial charge in [0.1, 0.15) is 12.4 Å². The van der Waals surface area contributed by atoms with Crippen molar-refractivity contribution >= 4 is 16.9 Å². The molecule has 0 saturated carbocycles. The van der Waals surface area contributed by atoms with E-state index < -0.39 is 17.8 Å². The van der Waals surface area contributed by atoms with Gasteiger partial charge in [-0.25, -0.2) is 9.78 Å². The van der Waals surface area contributed by atoms with Crippen molar-refractivity contribution in [2.24, 2.45) is 0 Å². The number of esters is 1. The van der Waals surface area contributed by atoms with E-state index in [1.54, 1.807) is 25.1 Å². The highest BCUT2D eigenvalue weighted by atomic mass is 16.6. The standard InChI is InChI=1S/C24H24N2O6/c1-4-12-18-15(8-7-9-17(18)27)25-20-16-10-14-13(11-32-23(29)24(14,30)5-2)21(28)26(16)22(19(12)20)31-6-3/h7-10,22,27,30H,4-6,11H2,1-3H3/t22?,24-/m0/s1. The maximum atomic E-state index is 13.6. The van der Waals surface area contributed by atoms with E-state index in [0.717, 1.165) is 11.1 Å². The van der Waals surface area contributed by atoms with Gasteiger partial charge in [-0.05, 0) is 43.5 Å². The second kappa shape index (κ2) is 7.15. The van der Waals surface area contributed by atoms with Crippen LogP contribution in [-0.4, -0.2) is 32.3 Å². The number of phenols is 1. The highest BCUT2D eigenvalue weighted by Crippen LogP contribution is 2.46. The van der Waals surface area contributed by atoms with E-state index in [9.17, 15) is 19.8 Å². The normalized spacial score (nSPS) is 21.2. The molecule has 0 bridgehead atoms. The van der Waals surface area contributed by atoms with Crippen LogP contribution in [0.1, 0.15) is 55.7 Å². The van der Waals surface area contributed by atoms with Crippen LogP contribution in [0.15, 0.2) is 29.1 Å². The highest BCUT2D eigenvalue weighted by molar-refractivity contribution is 5.93. The minimum absolute atomic E-state index is 0.0721. The number of phenolic OH excluding ortho intramolecular Hbond substituents is 1. The molecule has 0 aliphatic carbocycles. The van der Waals surface area contributed by atoms with E-state index in [0.29, 0.717) is 35.3 Å². The Kier molecular flexibility index (Phi) is 4.61. The molecule has 0 radical (unpaired) electrons. The summed E-state index contributed by atoms with van der Waals surface area (Å²) >= 11 is 0. The Morgan fingerprint density at radius 1 is 1.28 bits per heavy atom. The summed E-state index contributed by atoms with van der Waals surface area (Å²) in [5, 5.41) is 22.3. The number of ether oxygens (including phenoxy) is 2. The van der Waals surface area contributed by atoms with Crippen molar-refractivity contribution in [1.82, 2.24) is 9.55 Å². The molecule has 2 aromatic heterocycles. The second-order valence-electron chi connectivity index (χ2n) is 8.07. The summed E-state index contributed by atoms with van der Waals surface area (Å²) in [6, 6.07) is 6.81. The van der Waals surface area contributed by atoms with Crippen LogP contribution in [0.2, 0.25) is 0 Å². The van der Waals surface area contributed by atoms with Crippen molar-refractivity contribution in [2.45, 2.75) is 52.0 Å². The number of benzene rings is 1. The van der Waals surface area contributed by atoms with E-state index in [1.165, 1.54) is 4.57 Å². The molecule has 1 unspecified atom stereocenters. The second-order valence-corrected chi connectivity index (χ2v) is 8.07. The van der Waals surface area contributed by atoms with Crippen molar-refractivity contribution in [3.8, 4) is 17.1 Å². The molecule has 1 aromatic carbocycles. The van der Waals surface area contributed by atoms with Crippen LogP contribution in [0.5, 0.6) is 5.75 Å². The molecular formula is C24H24N2O6. The van der Waals surface area contributed by atoms with Crippen LogP contribution in [-0.2, 0) is 32.9 Å². The van der Waals surface area contributed by atoms with Gasteiger partial charge in [0.15, 0.2) is 11.8 Å². The molecule has 2 aliphatic heterocycles. The molecule has 2 atom stereocenters. The monoisotopic (exact) mass is 436 g/mol. The molecule has 0 fully saturated rings. The number of hydrogen-bond acceptors (Lipinski definition) is 7. The van der Waals surface area contributed by atoms with Gasteiger partial charge in [0, 0.05) is 23.1 Å². The Balaban J connectivity index is 1.91. The maximum absolute atomic E-state index is 13.6. The zero-order valence-corrected chi connectivity index (χ0v) is 18.1. The Bertz CT molecular complexity index is 1340. The van der Waals surface area contributed by atoms with Gasteiger partial charge >= 0.3 is 5.97 Å². The molecule has 4 heterocycles. The van der Waals surface area contributed by atoms with E-state index in [-0.39, 0.29) is 35.5 Å². The third-order valence-corrected chi connectivity index (χ3v) is 6.52. The molecule has 2 N–H and O–H groups in total. The Labute approximate surface area is 184 Å². The quantitative estimate of drug-likeness (QED) is 0.605. The predicted molar refractivity (Wildman–Crippen MR) is 116 cm³/mol. The fourth-order valence-electron chi connectivity index (χ4n) is 4.95. The first-order valence-corrected chi connectivity index (χ1v) is 10.8. The number of hydrogen-bond donors (Lipinski definition) is 2. The van der Waals surface area contributed by atoms with E-state index in [1.807, 2.05) is 19.9 Å². The predicted octanol–water partition coefficient (Wildman–Crippen LogP) is 2.88. The summed E-state index contributed by atoms with van der Waals surface area (Å²) in [5.41, 5.74) is 1.40. The SMILES string of the molecule is CCOC1c2c(nc3cccc(O)c3c2CC)-c2cc3c(c(=O)n21)COC(=O)[C@]3(O)CC. The summed E-state index contributed by atoms with van der Waals surface area (Å²) < 4.78 is 12.7. The first kappa shape index (κ1) is 20.7. The molecule has 166 valence electrons. The number of aryl methyl sites for hydroxylation is 1. The smallest absolute Gasteiger partial charge is 0.343 e. The molecule has 0 spiro atoms. The van der Waals surface area contributed by atoms with E-state index >= 15 is 0 Å². The number of carbonyl (C=O) groups excluding carboxylic acids is 1. The molecule has 2 aliphatic rings. The summed E-state index contributed by atoms with van der Waals surface area (Å²) in [7, 11) is 0. The van der Waals surface area contributed by atoms with Gasteiger partial charge in [-0.3, -0.25) is 9.36 Å². The number of aromatic nitrogens is 2. The molecule has 32 heavy (non-hydrogen) atoms. The topological polar surface area (TPSA) is 111 Å². The molecular weight excluding hydrogens is 412 g/mol. The van der Waals surface area contributed by atoms with Crippen molar-refractivity contribution in [3.63, 3.8) is 0 Å². The lowest BCUT2D eigenvalue weighted by Crippen LogP contribution is -2.44. The summed E-state index contributed by atoms with van der Waals surface area (Å²) in [6.07, 6.45) is -0.0738. The van der Waals surface area contributed by atoms with Crippen LogP contribution in [0.3, 0.4) is 0 Å². The zero-order chi connectivity index (χ0) is 22.8. The van der Waals surface area contributed by atoms with Gasteiger partial charge in [-0.15, -0.1) is 0 Å². The Hall–Kier alpha value is -3.23. The average molecular weight is 436 g/mol. The van der Waals surface area contributed by atoms with Gasteiger partial charge < -0.3 is 19.7 Å². The first-order chi connectivity index (χ1) is 15.4. The number of fused-ring (bicyclic) bond motifs is 5. The van der Waals surface area contributed by atoms with Crippen LogP contribution < -0.4 is 5.56 Å². The van der Waals surface area contributed by atoms with E-state index in [2.05, 4.69) is 0 Å². The van der Waals surface area contributed by atoms with Crippen LogP contribution >= 0.6 is 0 Å². The lowest BCUT2D eigenvalue weighted by molar-refractivity contribution is -0.172. The number of cyclic esters (lactones) is 1. The minimum Gasteiger partial charge on any atom is -0.507 e. The largest absolute Gasteiger partial charge is 0.507 e. The Morgan fingerprint density at radius 2 is 2.06 bits per heavy atom. The lowest BCUT2D eigenvalue weighted by atomic mass is 9.86. The molecule has 0 saturated heterocycles. The fourth-order valence-corrected chi connectivity index (χ4v) is 4.95. The fraction of sp³-hybridized carbons (Fsp3) is 0.375. The number of nitrogens with zero attached hydrogens (tertiary/aromatic N) is 2. The van der Waals surface area contributed by atoms with E-state index in [4.69, 9.17) is 14.5 Å². The van der Waals surface area contributed by atoms with Gasteiger partial charge in [0.2, 0.25) is 0 Å². The van der Waals surface area contributed by atoms with Gasteiger partial charge in [0.25, 0.3) is 5.56 Å². The van der Waals surface area contributed by atoms with Crippen LogP contribution in [0.25, 0.3) is 22.3 Å². The van der Waals surface area contributed by atoms with Crippen LogP contribution in [0, 0.1) is 0 Å². The highest BCUT2D eigenvalue weighted by Gasteiger charge is 2.46. The lowest BCUT2D eigenvalue weighted by Gasteiger charge is -2.32. The number of aliphatic hydroxyl groups is 1. The van der Waals surface area contributed by atoms with Crippen molar-refractivity contribution in [3.05, 3.63) is 56.9 Å². The molecule has 3 aromatic rings.